The Morgan fingerprint density at radius 3 is 2.74 bits per heavy atom. The predicted molar refractivity (Wildman–Crippen MR) is 98.5 cm³/mol. The summed E-state index contributed by atoms with van der Waals surface area (Å²) in [4.78, 5) is 37.5. The Labute approximate surface area is 161 Å². The minimum atomic E-state index is -3.10. The largest absolute Gasteiger partial charge is 0.452 e. The molecule has 1 aromatic carbocycles. The Morgan fingerprint density at radius 1 is 1.33 bits per heavy atom. The van der Waals surface area contributed by atoms with Crippen LogP contribution < -0.4 is 10.2 Å². The van der Waals surface area contributed by atoms with Crippen LogP contribution in [0.4, 0.5) is 5.69 Å². The van der Waals surface area contributed by atoms with Crippen LogP contribution in [0, 0.1) is 0 Å². The summed E-state index contributed by atoms with van der Waals surface area (Å²) < 4.78 is 27.8. The van der Waals surface area contributed by atoms with Crippen LogP contribution >= 0.6 is 11.6 Å². The van der Waals surface area contributed by atoms with Crippen LogP contribution in [0.15, 0.2) is 18.2 Å². The molecule has 10 heteroatoms. The number of hydrogen-bond acceptors (Lipinski definition) is 6. The molecule has 0 radical (unpaired) electrons. The third-order valence-corrected chi connectivity index (χ3v) is 6.57. The van der Waals surface area contributed by atoms with E-state index in [0.29, 0.717) is 30.1 Å². The van der Waals surface area contributed by atoms with E-state index in [1.807, 2.05) is 0 Å². The first-order valence-corrected chi connectivity index (χ1v) is 10.7. The Kier molecular flexibility index (Phi) is 5.71. The van der Waals surface area contributed by atoms with Gasteiger partial charge >= 0.3 is 5.97 Å². The fraction of sp³-hybridized carbons (Fsp3) is 0.471. The Balaban J connectivity index is 1.58. The van der Waals surface area contributed by atoms with Gasteiger partial charge in [0.05, 0.1) is 27.8 Å². The summed E-state index contributed by atoms with van der Waals surface area (Å²) >= 11 is 6.13. The molecular formula is C17H19ClN2O6S. The van der Waals surface area contributed by atoms with Gasteiger partial charge in [-0.1, -0.05) is 11.6 Å². The average molecular weight is 415 g/mol. The molecule has 0 bridgehead atoms. The second kappa shape index (κ2) is 7.85. The summed E-state index contributed by atoms with van der Waals surface area (Å²) in [6, 6.07) is 3.97. The van der Waals surface area contributed by atoms with Crippen LogP contribution in [0.3, 0.4) is 0 Å². The summed E-state index contributed by atoms with van der Waals surface area (Å²) in [5.74, 6) is -1.41. The van der Waals surface area contributed by atoms with Crippen LogP contribution in [-0.4, -0.2) is 56.9 Å². The molecule has 2 aliphatic heterocycles. The standard InChI is InChI=1S/C17H19ClN2O6S/c18-13-4-3-11(8-14(13)20-6-1-2-16(20)22)17(23)26-9-15(21)19-12-5-7-27(24,25)10-12/h3-4,8,12H,1-2,5-7,9-10H2,(H,19,21)/t12-/m1/s1. The van der Waals surface area contributed by atoms with Crippen LogP contribution in [0.2, 0.25) is 5.02 Å². The first-order chi connectivity index (χ1) is 12.7. The van der Waals surface area contributed by atoms with E-state index in [1.165, 1.54) is 23.1 Å². The maximum Gasteiger partial charge on any atom is 0.338 e. The molecule has 0 saturated carbocycles. The molecule has 8 nitrogen and oxygen atoms in total. The fourth-order valence-corrected chi connectivity index (χ4v) is 5.03. The van der Waals surface area contributed by atoms with Crippen LogP contribution in [0.5, 0.6) is 0 Å². The maximum absolute atomic E-state index is 12.2. The lowest BCUT2D eigenvalue weighted by atomic mass is 10.2. The number of amides is 2. The number of carbonyl (C=O) groups excluding carboxylic acids is 3. The topological polar surface area (TPSA) is 110 Å². The third-order valence-electron chi connectivity index (χ3n) is 4.48. The summed E-state index contributed by atoms with van der Waals surface area (Å²) in [5, 5.41) is 2.89. The lowest BCUT2D eigenvalue weighted by Gasteiger charge is -2.18. The molecule has 0 aliphatic carbocycles. The summed E-state index contributed by atoms with van der Waals surface area (Å²) in [5.41, 5.74) is 0.611. The number of sulfone groups is 1. The van der Waals surface area contributed by atoms with E-state index in [1.54, 1.807) is 0 Å². The number of benzene rings is 1. The van der Waals surface area contributed by atoms with Crippen LogP contribution in [0.1, 0.15) is 29.6 Å². The first-order valence-electron chi connectivity index (χ1n) is 8.52. The highest BCUT2D eigenvalue weighted by molar-refractivity contribution is 7.91. The van der Waals surface area contributed by atoms with Gasteiger partial charge in [-0.2, -0.15) is 0 Å². The maximum atomic E-state index is 12.2. The number of anilines is 1. The molecule has 0 unspecified atom stereocenters. The van der Waals surface area contributed by atoms with Crippen molar-refractivity contribution in [2.24, 2.45) is 0 Å². The highest BCUT2D eigenvalue weighted by atomic mass is 35.5. The van der Waals surface area contributed by atoms with Gasteiger partial charge in [-0.3, -0.25) is 9.59 Å². The van der Waals surface area contributed by atoms with Crippen molar-refractivity contribution < 1.29 is 27.5 Å². The van der Waals surface area contributed by atoms with Gasteiger partial charge in [0.25, 0.3) is 5.91 Å². The monoisotopic (exact) mass is 414 g/mol. The van der Waals surface area contributed by atoms with Crippen molar-refractivity contribution >= 4 is 44.9 Å². The molecule has 146 valence electrons. The molecule has 2 heterocycles. The zero-order chi connectivity index (χ0) is 19.6. The van der Waals surface area contributed by atoms with Gasteiger partial charge in [0.15, 0.2) is 16.4 Å². The molecule has 3 rings (SSSR count). The van der Waals surface area contributed by atoms with Gasteiger partial charge in [0.1, 0.15) is 0 Å². The number of ether oxygens (including phenoxy) is 1. The van der Waals surface area contributed by atoms with Crippen molar-refractivity contribution in [3.05, 3.63) is 28.8 Å². The molecule has 1 aromatic rings. The van der Waals surface area contributed by atoms with Gasteiger partial charge in [0.2, 0.25) is 5.91 Å². The van der Waals surface area contributed by atoms with Gasteiger partial charge < -0.3 is 15.0 Å². The number of carbonyl (C=O) groups is 3. The minimum Gasteiger partial charge on any atom is -0.452 e. The van der Waals surface area contributed by atoms with Crippen LogP contribution in [0.25, 0.3) is 0 Å². The second-order valence-electron chi connectivity index (χ2n) is 6.56. The molecule has 27 heavy (non-hydrogen) atoms. The smallest absolute Gasteiger partial charge is 0.338 e. The van der Waals surface area contributed by atoms with E-state index in [4.69, 9.17) is 16.3 Å². The molecular weight excluding hydrogens is 396 g/mol. The van der Waals surface area contributed by atoms with Crippen molar-refractivity contribution in [1.82, 2.24) is 5.32 Å². The highest BCUT2D eigenvalue weighted by Gasteiger charge is 2.29. The minimum absolute atomic E-state index is 0.0422. The molecule has 1 N–H and O–H groups in total. The zero-order valence-electron chi connectivity index (χ0n) is 14.4. The molecule has 2 fully saturated rings. The van der Waals surface area contributed by atoms with E-state index >= 15 is 0 Å². The number of nitrogens with zero attached hydrogens (tertiary/aromatic N) is 1. The number of nitrogens with one attached hydrogen (secondary N) is 1. The van der Waals surface area contributed by atoms with Crippen molar-refractivity contribution in [1.29, 1.82) is 0 Å². The second-order valence-corrected chi connectivity index (χ2v) is 9.19. The Bertz CT molecular complexity index is 885. The number of hydrogen-bond donors (Lipinski definition) is 1. The Hall–Kier alpha value is -2.13. The fourth-order valence-electron chi connectivity index (χ4n) is 3.14. The van der Waals surface area contributed by atoms with Gasteiger partial charge in [-0.25, -0.2) is 13.2 Å². The summed E-state index contributed by atoms with van der Waals surface area (Å²) in [7, 11) is -3.10. The summed E-state index contributed by atoms with van der Waals surface area (Å²) in [6.45, 7) is 0.0136. The van der Waals surface area contributed by atoms with E-state index < -0.39 is 34.4 Å². The summed E-state index contributed by atoms with van der Waals surface area (Å²) in [6.07, 6.45) is 1.51. The van der Waals surface area contributed by atoms with Crippen molar-refractivity contribution in [2.75, 3.05) is 29.6 Å². The number of rotatable bonds is 5. The lowest BCUT2D eigenvalue weighted by Crippen LogP contribution is -2.38. The van der Waals surface area contributed by atoms with E-state index in [2.05, 4.69) is 5.32 Å². The Morgan fingerprint density at radius 2 is 2.11 bits per heavy atom. The SMILES string of the molecule is O=C(COC(=O)c1ccc(Cl)c(N2CCCC2=O)c1)N[C@@H]1CCS(=O)(=O)C1. The van der Waals surface area contributed by atoms with E-state index in [0.717, 1.165) is 6.42 Å². The van der Waals surface area contributed by atoms with E-state index in [-0.39, 0.29) is 23.0 Å². The molecule has 0 spiro atoms. The van der Waals surface area contributed by atoms with Gasteiger partial charge in [-0.15, -0.1) is 0 Å². The molecule has 0 aromatic heterocycles. The lowest BCUT2D eigenvalue weighted by molar-refractivity contribution is -0.124. The zero-order valence-corrected chi connectivity index (χ0v) is 16.0. The average Bonchev–Trinajstić information content (AvgIpc) is 3.18. The van der Waals surface area contributed by atoms with Crippen LogP contribution in [-0.2, 0) is 24.2 Å². The molecule has 2 amide bonds. The van der Waals surface area contributed by atoms with Crippen molar-refractivity contribution in [3.63, 3.8) is 0 Å². The van der Waals surface area contributed by atoms with Crippen molar-refractivity contribution in [2.45, 2.75) is 25.3 Å². The van der Waals surface area contributed by atoms with Crippen molar-refractivity contribution in [3.8, 4) is 0 Å². The third kappa shape index (κ3) is 4.78. The highest BCUT2D eigenvalue weighted by Crippen LogP contribution is 2.30. The molecule has 2 saturated heterocycles. The molecule has 2 aliphatic rings. The normalized spacial score (nSPS) is 21.3. The first kappa shape index (κ1) is 19.6. The number of halogens is 1. The quantitative estimate of drug-likeness (QED) is 0.717. The van der Waals surface area contributed by atoms with Gasteiger partial charge in [0, 0.05) is 19.0 Å². The van der Waals surface area contributed by atoms with E-state index in [9.17, 15) is 22.8 Å². The molecule has 1 atom stereocenters. The van der Waals surface area contributed by atoms with Gasteiger partial charge in [-0.05, 0) is 31.0 Å². The predicted octanol–water partition coefficient (Wildman–Crippen LogP) is 0.927. The number of esters is 1.